The van der Waals surface area contributed by atoms with Crippen LogP contribution in [0.3, 0.4) is 0 Å². The summed E-state index contributed by atoms with van der Waals surface area (Å²) in [6.07, 6.45) is 0.995. The van der Waals surface area contributed by atoms with Gasteiger partial charge in [-0.2, -0.15) is 0 Å². The molecular weight excluding hydrogens is 238 g/mol. The first-order chi connectivity index (χ1) is 9.28. The van der Waals surface area contributed by atoms with Crippen LogP contribution in [0.5, 0.6) is 0 Å². The lowest BCUT2D eigenvalue weighted by Crippen LogP contribution is -1.99. The summed E-state index contributed by atoms with van der Waals surface area (Å²) in [5.74, 6) is 0.0457. The number of hydrogen-bond acceptors (Lipinski definition) is 3. The molecule has 1 aliphatic heterocycles. The van der Waals surface area contributed by atoms with Gasteiger partial charge < -0.3 is 4.74 Å². The van der Waals surface area contributed by atoms with Crippen molar-refractivity contribution in [3.8, 4) is 0 Å². The number of carbonyl (C=O) groups excluding carboxylic acids is 1. The van der Waals surface area contributed by atoms with Crippen LogP contribution in [0, 0.1) is 0 Å². The first kappa shape index (κ1) is 11.7. The quantitative estimate of drug-likeness (QED) is 0.766. The predicted octanol–water partition coefficient (Wildman–Crippen LogP) is 3.50. The largest absolute Gasteiger partial charge is 0.403 e. The maximum absolute atomic E-state index is 11.7. The summed E-state index contributed by atoms with van der Waals surface area (Å²) in [6.45, 7) is 2.11. The van der Waals surface area contributed by atoms with Crippen LogP contribution in [0.1, 0.15) is 28.4 Å². The van der Waals surface area contributed by atoms with Crippen molar-refractivity contribution in [1.29, 1.82) is 0 Å². The van der Waals surface area contributed by atoms with Crippen molar-refractivity contribution in [3.05, 3.63) is 65.2 Å². The normalized spacial score (nSPS) is 15.4. The maximum Gasteiger partial charge on any atom is 0.345 e. The van der Waals surface area contributed by atoms with Gasteiger partial charge in [0, 0.05) is 0 Å². The Morgan fingerprint density at radius 2 is 1.68 bits per heavy atom. The Morgan fingerprint density at radius 3 is 2.37 bits per heavy atom. The molecule has 0 bridgehead atoms. The monoisotopic (exact) mass is 251 g/mol. The molecule has 3 nitrogen and oxygen atoms in total. The van der Waals surface area contributed by atoms with Gasteiger partial charge in [0.05, 0.1) is 16.8 Å². The highest BCUT2D eigenvalue weighted by molar-refractivity contribution is 6.17. The van der Waals surface area contributed by atoms with Crippen LogP contribution in [0.15, 0.2) is 53.5 Å². The lowest BCUT2D eigenvalue weighted by atomic mass is 10.1. The molecule has 0 spiro atoms. The first-order valence-corrected chi connectivity index (χ1v) is 6.27. The number of carbonyl (C=O) groups is 1. The van der Waals surface area contributed by atoms with Crippen LogP contribution in [0.4, 0.5) is 5.69 Å². The minimum atomic E-state index is -0.334. The topological polar surface area (TPSA) is 38.7 Å². The second-order valence-corrected chi connectivity index (χ2v) is 4.37. The van der Waals surface area contributed by atoms with Crippen molar-refractivity contribution in [3.63, 3.8) is 0 Å². The number of cyclic esters (lactones) is 1. The number of rotatable bonds is 2. The standard InChI is InChI=1S/C16H13NO2/c1-2-11-7-9-12(10-8-11)17-15-13-5-3-4-6-14(13)16(18)19-15/h3-10H,2H2,1H3. The van der Waals surface area contributed by atoms with Crippen molar-refractivity contribution in [2.24, 2.45) is 4.99 Å². The van der Waals surface area contributed by atoms with Crippen LogP contribution < -0.4 is 0 Å². The van der Waals surface area contributed by atoms with Crippen molar-refractivity contribution in [1.82, 2.24) is 0 Å². The van der Waals surface area contributed by atoms with Crippen molar-refractivity contribution >= 4 is 17.6 Å². The number of benzene rings is 2. The molecule has 2 aromatic carbocycles. The summed E-state index contributed by atoms with van der Waals surface area (Å²) >= 11 is 0. The summed E-state index contributed by atoms with van der Waals surface area (Å²) in [7, 11) is 0. The second-order valence-electron chi connectivity index (χ2n) is 4.37. The molecule has 2 aromatic rings. The third kappa shape index (κ3) is 2.15. The molecule has 0 saturated heterocycles. The van der Waals surface area contributed by atoms with Crippen molar-refractivity contribution in [2.45, 2.75) is 13.3 Å². The van der Waals surface area contributed by atoms with Crippen LogP contribution in [0.2, 0.25) is 0 Å². The van der Waals surface area contributed by atoms with Gasteiger partial charge in [0.1, 0.15) is 0 Å². The molecule has 0 atom stereocenters. The Hall–Kier alpha value is -2.42. The maximum atomic E-state index is 11.7. The lowest BCUT2D eigenvalue weighted by Gasteiger charge is -2.00. The van der Waals surface area contributed by atoms with E-state index in [0.717, 1.165) is 17.7 Å². The Morgan fingerprint density at radius 1 is 1.00 bits per heavy atom. The smallest absolute Gasteiger partial charge is 0.345 e. The molecule has 0 aliphatic carbocycles. The van der Waals surface area contributed by atoms with Crippen molar-refractivity contribution in [2.75, 3.05) is 0 Å². The highest BCUT2D eigenvalue weighted by Crippen LogP contribution is 2.23. The van der Waals surface area contributed by atoms with Crippen LogP contribution in [0.25, 0.3) is 0 Å². The molecule has 0 radical (unpaired) electrons. The zero-order valence-electron chi connectivity index (χ0n) is 10.6. The summed E-state index contributed by atoms with van der Waals surface area (Å²) in [4.78, 5) is 16.1. The minimum Gasteiger partial charge on any atom is -0.403 e. The van der Waals surface area contributed by atoms with Gasteiger partial charge in [0.15, 0.2) is 0 Å². The van der Waals surface area contributed by atoms with Crippen LogP contribution in [-0.2, 0) is 11.2 Å². The molecular formula is C16H13NO2. The summed E-state index contributed by atoms with van der Waals surface area (Å²) < 4.78 is 5.20. The van der Waals surface area contributed by atoms with Gasteiger partial charge in [-0.05, 0) is 36.2 Å². The van der Waals surface area contributed by atoms with E-state index >= 15 is 0 Å². The third-order valence-electron chi connectivity index (χ3n) is 3.14. The van der Waals surface area contributed by atoms with E-state index in [0.29, 0.717) is 11.5 Å². The highest BCUT2D eigenvalue weighted by Gasteiger charge is 2.27. The number of fused-ring (bicyclic) bond motifs is 1. The molecule has 3 rings (SSSR count). The SMILES string of the molecule is CCc1ccc(N=C2OC(=O)c3ccccc32)cc1. The van der Waals surface area contributed by atoms with Gasteiger partial charge in [-0.25, -0.2) is 9.79 Å². The van der Waals surface area contributed by atoms with E-state index in [-0.39, 0.29) is 5.97 Å². The Balaban J connectivity index is 1.98. The average molecular weight is 251 g/mol. The fraction of sp³-hybridized carbons (Fsp3) is 0.125. The van der Waals surface area contributed by atoms with E-state index in [2.05, 4.69) is 11.9 Å². The lowest BCUT2D eigenvalue weighted by molar-refractivity contribution is 0.0737. The average Bonchev–Trinajstić information content (AvgIpc) is 2.77. The summed E-state index contributed by atoms with van der Waals surface area (Å²) in [5, 5.41) is 0. The molecule has 19 heavy (non-hydrogen) atoms. The highest BCUT2D eigenvalue weighted by atomic mass is 16.5. The molecule has 0 N–H and O–H groups in total. The Labute approximate surface area is 111 Å². The molecule has 1 heterocycles. The number of aryl methyl sites for hydroxylation is 1. The Bertz CT molecular complexity index is 657. The third-order valence-corrected chi connectivity index (χ3v) is 3.14. The first-order valence-electron chi connectivity index (χ1n) is 6.27. The fourth-order valence-corrected chi connectivity index (χ4v) is 2.05. The number of hydrogen-bond donors (Lipinski definition) is 0. The molecule has 1 aliphatic rings. The summed E-state index contributed by atoms with van der Waals surface area (Å²) in [5.41, 5.74) is 3.38. The number of ether oxygens (including phenoxy) is 1. The van der Waals surface area contributed by atoms with E-state index in [1.54, 1.807) is 6.07 Å². The molecule has 0 fully saturated rings. The molecule has 94 valence electrons. The fourth-order valence-electron chi connectivity index (χ4n) is 2.05. The van der Waals surface area contributed by atoms with Gasteiger partial charge >= 0.3 is 5.97 Å². The van der Waals surface area contributed by atoms with E-state index < -0.39 is 0 Å². The van der Waals surface area contributed by atoms with Gasteiger partial charge in [-0.1, -0.05) is 31.2 Å². The molecule has 0 aromatic heterocycles. The van der Waals surface area contributed by atoms with Crippen LogP contribution >= 0.6 is 0 Å². The number of nitrogens with zero attached hydrogens (tertiary/aromatic N) is 1. The van der Waals surface area contributed by atoms with E-state index in [4.69, 9.17) is 4.74 Å². The molecule has 0 amide bonds. The number of esters is 1. The summed E-state index contributed by atoms with van der Waals surface area (Å²) in [6, 6.07) is 15.2. The number of aliphatic imine (C=N–C) groups is 1. The van der Waals surface area contributed by atoms with Gasteiger partial charge in [-0.15, -0.1) is 0 Å². The van der Waals surface area contributed by atoms with E-state index in [1.807, 2.05) is 42.5 Å². The zero-order chi connectivity index (χ0) is 13.2. The Kier molecular flexibility index (Phi) is 2.88. The van der Waals surface area contributed by atoms with Gasteiger partial charge in [0.2, 0.25) is 5.90 Å². The van der Waals surface area contributed by atoms with E-state index in [9.17, 15) is 4.79 Å². The minimum absolute atomic E-state index is 0.334. The van der Waals surface area contributed by atoms with Crippen LogP contribution in [-0.4, -0.2) is 11.9 Å². The molecule has 0 saturated carbocycles. The van der Waals surface area contributed by atoms with Gasteiger partial charge in [-0.3, -0.25) is 0 Å². The zero-order valence-corrected chi connectivity index (χ0v) is 10.6. The molecule has 3 heteroatoms. The van der Waals surface area contributed by atoms with Crippen molar-refractivity contribution < 1.29 is 9.53 Å². The van der Waals surface area contributed by atoms with E-state index in [1.165, 1.54) is 5.56 Å². The predicted molar refractivity (Wildman–Crippen MR) is 73.9 cm³/mol. The second kappa shape index (κ2) is 4.69. The molecule has 0 unspecified atom stereocenters. The van der Waals surface area contributed by atoms with Gasteiger partial charge in [0.25, 0.3) is 0 Å².